The zero-order valence-corrected chi connectivity index (χ0v) is 20.0. The maximum absolute atomic E-state index is 12.9. The van der Waals surface area contributed by atoms with Gasteiger partial charge in [0.2, 0.25) is 5.91 Å². The molecule has 1 unspecified atom stereocenters. The number of anilines is 4. The van der Waals surface area contributed by atoms with E-state index in [-0.39, 0.29) is 23.9 Å². The number of nitrogens with zero attached hydrogens (tertiary/aromatic N) is 3. The molecule has 1 aromatic heterocycles. The van der Waals surface area contributed by atoms with Crippen molar-refractivity contribution in [3.8, 4) is 0 Å². The summed E-state index contributed by atoms with van der Waals surface area (Å²) in [5, 5.41) is 6.23. The van der Waals surface area contributed by atoms with E-state index in [2.05, 4.69) is 41.3 Å². The number of carbonyl (C=O) groups excluding carboxylic acids is 2. The molecule has 7 nitrogen and oxygen atoms in total. The second-order valence-corrected chi connectivity index (χ2v) is 9.09. The molecule has 0 radical (unpaired) electrons. The van der Waals surface area contributed by atoms with Crippen LogP contribution < -0.4 is 20.4 Å². The van der Waals surface area contributed by atoms with Crippen LogP contribution in [0.5, 0.6) is 0 Å². The SMILES string of the molecule is CCC1C(=O)N(C)c2cnc(Nc3ccc(C(=O)NC(C)C)cc3)cc2N1CCC(C)C. The second kappa shape index (κ2) is 10.0. The summed E-state index contributed by atoms with van der Waals surface area (Å²) in [6.07, 6.45) is 3.53. The fraction of sp³-hybridized carbons (Fsp3) is 0.480. The zero-order valence-electron chi connectivity index (χ0n) is 20.0. The minimum atomic E-state index is -0.166. The van der Waals surface area contributed by atoms with E-state index in [1.54, 1.807) is 23.2 Å². The molecule has 32 heavy (non-hydrogen) atoms. The first-order valence-corrected chi connectivity index (χ1v) is 11.4. The minimum Gasteiger partial charge on any atom is -0.358 e. The number of carbonyl (C=O) groups is 2. The van der Waals surface area contributed by atoms with Gasteiger partial charge in [-0.25, -0.2) is 4.98 Å². The van der Waals surface area contributed by atoms with Crippen LogP contribution in [0.3, 0.4) is 0 Å². The lowest BCUT2D eigenvalue weighted by molar-refractivity contribution is -0.120. The molecule has 172 valence electrons. The Morgan fingerprint density at radius 3 is 2.41 bits per heavy atom. The lowest BCUT2D eigenvalue weighted by Gasteiger charge is -2.41. The Kier molecular flexibility index (Phi) is 7.38. The average molecular weight is 438 g/mol. The molecule has 2 heterocycles. The third-order valence-electron chi connectivity index (χ3n) is 5.70. The first-order valence-electron chi connectivity index (χ1n) is 11.4. The lowest BCUT2D eigenvalue weighted by atomic mass is 10.0. The molecule has 0 saturated carbocycles. The predicted molar refractivity (Wildman–Crippen MR) is 131 cm³/mol. The van der Waals surface area contributed by atoms with Gasteiger partial charge in [-0.15, -0.1) is 0 Å². The summed E-state index contributed by atoms with van der Waals surface area (Å²) < 4.78 is 0. The van der Waals surface area contributed by atoms with Gasteiger partial charge in [0.15, 0.2) is 0 Å². The van der Waals surface area contributed by atoms with Crippen LogP contribution in [-0.4, -0.2) is 42.5 Å². The number of nitrogens with one attached hydrogen (secondary N) is 2. The Hall–Kier alpha value is -3.09. The molecule has 1 aliphatic heterocycles. The van der Waals surface area contributed by atoms with E-state index in [4.69, 9.17) is 0 Å². The minimum absolute atomic E-state index is 0.0856. The van der Waals surface area contributed by atoms with Crippen molar-refractivity contribution in [2.45, 2.75) is 59.5 Å². The molecule has 7 heteroatoms. The van der Waals surface area contributed by atoms with E-state index in [1.165, 1.54) is 0 Å². The molecule has 0 fully saturated rings. The highest BCUT2D eigenvalue weighted by molar-refractivity contribution is 6.05. The Bertz CT molecular complexity index is 955. The number of rotatable bonds is 8. The number of pyridine rings is 1. The van der Waals surface area contributed by atoms with Gasteiger partial charge in [-0.3, -0.25) is 9.59 Å². The molecular formula is C25H35N5O2. The van der Waals surface area contributed by atoms with E-state index in [0.717, 1.165) is 36.4 Å². The van der Waals surface area contributed by atoms with Crippen LogP contribution in [0.25, 0.3) is 0 Å². The highest BCUT2D eigenvalue weighted by Crippen LogP contribution is 2.38. The van der Waals surface area contributed by atoms with Gasteiger partial charge in [0.05, 0.1) is 17.6 Å². The Morgan fingerprint density at radius 2 is 1.81 bits per heavy atom. The molecule has 0 aliphatic carbocycles. The third kappa shape index (κ3) is 5.21. The van der Waals surface area contributed by atoms with Gasteiger partial charge in [-0.2, -0.15) is 0 Å². The van der Waals surface area contributed by atoms with Gasteiger partial charge >= 0.3 is 0 Å². The van der Waals surface area contributed by atoms with Gasteiger partial charge in [-0.1, -0.05) is 20.8 Å². The van der Waals surface area contributed by atoms with Crippen molar-refractivity contribution in [3.05, 3.63) is 42.1 Å². The zero-order chi connectivity index (χ0) is 23.4. The highest BCUT2D eigenvalue weighted by Gasteiger charge is 2.35. The van der Waals surface area contributed by atoms with Crippen LogP contribution >= 0.6 is 0 Å². The van der Waals surface area contributed by atoms with Crippen molar-refractivity contribution in [1.29, 1.82) is 0 Å². The number of aromatic nitrogens is 1. The molecule has 3 rings (SSSR count). The highest BCUT2D eigenvalue weighted by atomic mass is 16.2. The number of amides is 2. The molecule has 1 aromatic carbocycles. The van der Waals surface area contributed by atoms with Crippen LogP contribution in [0.4, 0.5) is 22.9 Å². The fourth-order valence-corrected chi connectivity index (χ4v) is 3.90. The normalized spacial score (nSPS) is 15.9. The maximum Gasteiger partial charge on any atom is 0.251 e. The summed E-state index contributed by atoms with van der Waals surface area (Å²) in [5.74, 6) is 1.28. The van der Waals surface area contributed by atoms with Gasteiger partial charge in [-0.05, 0) is 56.9 Å². The van der Waals surface area contributed by atoms with Crippen molar-refractivity contribution in [1.82, 2.24) is 10.3 Å². The molecule has 0 bridgehead atoms. The van der Waals surface area contributed by atoms with Crippen LogP contribution in [-0.2, 0) is 4.79 Å². The number of benzene rings is 1. The van der Waals surface area contributed by atoms with Crippen LogP contribution in [0, 0.1) is 5.92 Å². The Balaban J connectivity index is 1.85. The van der Waals surface area contributed by atoms with Crippen LogP contribution in [0.15, 0.2) is 36.5 Å². The monoisotopic (exact) mass is 437 g/mol. The van der Waals surface area contributed by atoms with Gasteiger partial charge < -0.3 is 20.4 Å². The molecule has 0 saturated heterocycles. The molecule has 1 atom stereocenters. The van der Waals surface area contributed by atoms with Gasteiger partial charge in [0, 0.05) is 37.0 Å². The van der Waals surface area contributed by atoms with Crippen LogP contribution in [0.1, 0.15) is 57.8 Å². The van der Waals surface area contributed by atoms with E-state index < -0.39 is 0 Å². The summed E-state index contributed by atoms with van der Waals surface area (Å²) in [6, 6.07) is 9.28. The smallest absolute Gasteiger partial charge is 0.251 e. The second-order valence-electron chi connectivity index (χ2n) is 9.09. The third-order valence-corrected chi connectivity index (χ3v) is 5.70. The number of hydrogen-bond donors (Lipinski definition) is 2. The first-order chi connectivity index (χ1) is 15.2. The number of likely N-dealkylation sites (N-methyl/N-ethyl adjacent to an activating group) is 1. The summed E-state index contributed by atoms with van der Waals surface area (Å²) in [7, 11) is 1.82. The van der Waals surface area contributed by atoms with Crippen molar-refractivity contribution in [3.63, 3.8) is 0 Å². The van der Waals surface area contributed by atoms with E-state index in [9.17, 15) is 9.59 Å². The molecule has 1 aliphatic rings. The van der Waals surface area contributed by atoms with Gasteiger partial charge in [0.1, 0.15) is 11.9 Å². The molecular weight excluding hydrogens is 402 g/mol. The summed E-state index contributed by atoms with van der Waals surface area (Å²) in [5.41, 5.74) is 3.31. The van der Waals surface area contributed by atoms with Crippen molar-refractivity contribution < 1.29 is 9.59 Å². The number of hydrogen-bond acceptors (Lipinski definition) is 5. The summed E-state index contributed by atoms with van der Waals surface area (Å²) in [4.78, 5) is 33.6. The topological polar surface area (TPSA) is 77.6 Å². The molecule has 0 spiro atoms. The Morgan fingerprint density at radius 1 is 1.12 bits per heavy atom. The van der Waals surface area contributed by atoms with Crippen LogP contribution in [0.2, 0.25) is 0 Å². The largest absolute Gasteiger partial charge is 0.358 e. The average Bonchev–Trinajstić information content (AvgIpc) is 2.75. The molecule has 2 aromatic rings. The number of fused-ring (bicyclic) bond motifs is 1. The lowest BCUT2D eigenvalue weighted by Crippen LogP contribution is -2.52. The first kappa shape index (κ1) is 23.6. The summed E-state index contributed by atoms with van der Waals surface area (Å²) in [6.45, 7) is 11.2. The molecule has 2 N–H and O–H groups in total. The van der Waals surface area contributed by atoms with E-state index in [0.29, 0.717) is 17.3 Å². The van der Waals surface area contributed by atoms with Crippen molar-refractivity contribution >= 4 is 34.7 Å². The maximum atomic E-state index is 12.9. The van der Waals surface area contributed by atoms with E-state index >= 15 is 0 Å². The predicted octanol–water partition coefficient (Wildman–Crippen LogP) is 4.57. The fourth-order valence-electron chi connectivity index (χ4n) is 3.90. The molecule has 2 amide bonds. The van der Waals surface area contributed by atoms with Crippen molar-refractivity contribution in [2.75, 3.05) is 28.7 Å². The quantitative estimate of drug-likeness (QED) is 0.633. The standard InChI is InChI=1S/C25H35N5O2/c1-7-20-25(32)29(6)22-15-26-23(14-21(22)30(20)13-12-16(2)3)28-19-10-8-18(9-11-19)24(31)27-17(4)5/h8-11,14-17,20H,7,12-13H2,1-6H3,(H,26,28)(H,27,31). The van der Waals surface area contributed by atoms with Crippen molar-refractivity contribution in [2.24, 2.45) is 5.92 Å². The van der Waals surface area contributed by atoms with E-state index in [1.807, 2.05) is 39.1 Å². The van der Waals surface area contributed by atoms with Gasteiger partial charge in [0.25, 0.3) is 5.91 Å². The summed E-state index contributed by atoms with van der Waals surface area (Å²) >= 11 is 0. The Labute approximate surface area is 191 Å².